The van der Waals surface area contributed by atoms with Gasteiger partial charge in [-0.05, 0) is 39.0 Å². The fraction of sp³-hybridized carbons (Fsp3) is 0.222. The topological polar surface area (TPSA) is 78.4 Å². The van der Waals surface area contributed by atoms with E-state index in [1.807, 2.05) is 13.0 Å². The zero-order valence-corrected chi connectivity index (χ0v) is 14.3. The molecule has 124 valence electrons. The summed E-state index contributed by atoms with van der Waals surface area (Å²) in [6.07, 6.45) is 0. The number of anilines is 2. The molecule has 0 aliphatic carbocycles. The Labute approximate surface area is 144 Å². The Kier molecular flexibility index (Phi) is 3.76. The molecule has 1 heterocycles. The van der Waals surface area contributed by atoms with Gasteiger partial charge in [-0.3, -0.25) is 9.59 Å². The second kappa shape index (κ2) is 5.53. The van der Waals surface area contributed by atoms with Gasteiger partial charge in [-0.2, -0.15) is 0 Å². The molecule has 0 bridgehead atoms. The summed E-state index contributed by atoms with van der Waals surface area (Å²) in [6, 6.07) is 8.54. The van der Waals surface area contributed by atoms with Gasteiger partial charge in [0.1, 0.15) is 5.75 Å². The first-order chi connectivity index (χ1) is 11.2. The lowest BCUT2D eigenvalue weighted by Crippen LogP contribution is -2.27. The number of halogens is 1. The highest BCUT2D eigenvalue weighted by atomic mass is 35.5. The van der Waals surface area contributed by atoms with Gasteiger partial charge in [0.25, 0.3) is 5.91 Å². The number of rotatable bonds is 2. The number of hydrogen-bond acceptors (Lipinski definition) is 3. The second-order valence-electron chi connectivity index (χ2n) is 6.41. The molecule has 0 unspecified atom stereocenters. The molecule has 1 aliphatic heterocycles. The van der Waals surface area contributed by atoms with Gasteiger partial charge in [-0.1, -0.05) is 29.3 Å². The fourth-order valence-corrected chi connectivity index (χ4v) is 3.08. The van der Waals surface area contributed by atoms with E-state index >= 15 is 0 Å². The number of amides is 2. The second-order valence-corrected chi connectivity index (χ2v) is 6.81. The maximum atomic E-state index is 12.4. The molecule has 2 aromatic carbocycles. The van der Waals surface area contributed by atoms with E-state index in [4.69, 9.17) is 11.6 Å². The van der Waals surface area contributed by atoms with E-state index in [2.05, 4.69) is 10.6 Å². The molecule has 0 aromatic heterocycles. The van der Waals surface area contributed by atoms with Crippen molar-refractivity contribution in [3.05, 3.63) is 52.0 Å². The monoisotopic (exact) mass is 344 g/mol. The van der Waals surface area contributed by atoms with Gasteiger partial charge in [-0.15, -0.1) is 0 Å². The summed E-state index contributed by atoms with van der Waals surface area (Å²) in [5.41, 5.74) is 1.44. The third-order valence-electron chi connectivity index (χ3n) is 4.21. The van der Waals surface area contributed by atoms with Crippen molar-refractivity contribution in [3.8, 4) is 5.75 Å². The van der Waals surface area contributed by atoms with E-state index in [0.717, 1.165) is 5.56 Å². The number of hydrogen-bond donors (Lipinski definition) is 3. The van der Waals surface area contributed by atoms with Crippen molar-refractivity contribution in [3.63, 3.8) is 0 Å². The molecule has 0 atom stereocenters. The van der Waals surface area contributed by atoms with E-state index in [1.54, 1.807) is 32.0 Å². The number of phenolic OH excluding ortho intramolecular Hbond substituents is 1. The molecule has 0 saturated carbocycles. The molecular weight excluding hydrogens is 328 g/mol. The zero-order valence-electron chi connectivity index (χ0n) is 13.5. The number of phenols is 1. The van der Waals surface area contributed by atoms with Crippen molar-refractivity contribution in [2.45, 2.75) is 26.2 Å². The van der Waals surface area contributed by atoms with Crippen LogP contribution in [0.25, 0.3) is 0 Å². The van der Waals surface area contributed by atoms with Crippen LogP contribution >= 0.6 is 11.6 Å². The maximum absolute atomic E-state index is 12.4. The number of nitrogens with one attached hydrogen (secondary N) is 2. The normalized spacial score (nSPS) is 14.9. The molecule has 3 rings (SSSR count). The number of carbonyl (C=O) groups is 2. The molecule has 3 N–H and O–H groups in total. The molecular formula is C18H17ClN2O3. The largest absolute Gasteiger partial charge is 0.505 e. The van der Waals surface area contributed by atoms with Crippen LogP contribution in [0.3, 0.4) is 0 Å². The molecule has 0 fully saturated rings. The average Bonchev–Trinajstić information content (AvgIpc) is 2.75. The van der Waals surface area contributed by atoms with E-state index in [-0.39, 0.29) is 28.3 Å². The highest BCUT2D eigenvalue weighted by Crippen LogP contribution is 2.49. The first-order valence-corrected chi connectivity index (χ1v) is 7.85. The van der Waals surface area contributed by atoms with E-state index in [1.165, 1.54) is 6.07 Å². The highest BCUT2D eigenvalue weighted by molar-refractivity contribution is 6.35. The number of fused-ring (bicyclic) bond motifs is 1. The fourth-order valence-electron chi connectivity index (χ4n) is 2.83. The van der Waals surface area contributed by atoms with Crippen LogP contribution in [0.1, 0.15) is 35.3 Å². The van der Waals surface area contributed by atoms with Gasteiger partial charge in [0.15, 0.2) is 0 Å². The molecule has 1 aliphatic rings. The molecule has 6 heteroatoms. The molecule has 0 radical (unpaired) electrons. The van der Waals surface area contributed by atoms with Crippen LogP contribution in [0.15, 0.2) is 30.3 Å². The Balaban J connectivity index is 2.02. The predicted molar refractivity (Wildman–Crippen MR) is 93.9 cm³/mol. The standard InChI is InChI=1S/C18H17ClN2O3/c1-9-5-4-6-10(7-9)16(23)20-12-8-11(19)14-13(15(12)22)18(2,3)17(24)21-14/h4-8,22H,1-3H3,(H,20,23)(H,21,24). The smallest absolute Gasteiger partial charge is 0.255 e. The summed E-state index contributed by atoms with van der Waals surface area (Å²) in [5.74, 6) is -0.768. The lowest BCUT2D eigenvalue weighted by molar-refractivity contribution is -0.119. The zero-order chi connectivity index (χ0) is 17.6. The van der Waals surface area contributed by atoms with Crippen molar-refractivity contribution in [2.75, 3.05) is 10.6 Å². The summed E-state index contributed by atoms with van der Waals surface area (Å²) >= 11 is 6.22. The minimum Gasteiger partial charge on any atom is -0.505 e. The minimum atomic E-state index is -0.937. The van der Waals surface area contributed by atoms with Crippen LogP contribution in [0.2, 0.25) is 5.02 Å². The Morgan fingerprint density at radius 2 is 2.00 bits per heavy atom. The summed E-state index contributed by atoms with van der Waals surface area (Å²) in [4.78, 5) is 24.5. The van der Waals surface area contributed by atoms with Gasteiger partial charge in [0, 0.05) is 11.1 Å². The lowest BCUT2D eigenvalue weighted by atomic mass is 9.85. The lowest BCUT2D eigenvalue weighted by Gasteiger charge is -2.19. The van der Waals surface area contributed by atoms with Crippen molar-refractivity contribution in [2.24, 2.45) is 0 Å². The molecule has 0 spiro atoms. The quantitative estimate of drug-likeness (QED) is 0.724. The number of benzene rings is 2. The van der Waals surface area contributed by atoms with Gasteiger partial charge >= 0.3 is 0 Å². The summed E-state index contributed by atoms with van der Waals surface area (Å²) in [5, 5.41) is 16.2. The summed E-state index contributed by atoms with van der Waals surface area (Å²) in [6.45, 7) is 5.27. The SMILES string of the molecule is Cc1cccc(C(=O)Nc2cc(Cl)c3c(c2O)C(C)(C)C(=O)N3)c1. The molecule has 2 aromatic rings. The Bertz CT molecular complexity index is 875. The number of aryl methyl sites for hydroxylation is 1. The highest BCUT2D eigenvalue weighted by Gasteiger charge is 2.43. The molecule has 0 saturated heterocycles. The average molecular weight is 345 g/mol. The van der Waals surface area contributed by atoms with Crippen LogP contribution in [-0.4, -0.2) is 16.9 Å². The number of carbonyl (C=O) groups excluding carboxylic acids is 2. The van der Waals surface area contributed by atoms with Crippen molar-refractivity contribution < 1.29 is 14.7 Å². The van der Waals surface area contributed by atoms with Crippen LogP contribution < -0.4 is 10.6 Å². The van der Waals surface area contributed by atoms with Gasteiger partial charge in [0.2, 0.25) is 5.91 Å². The number of aromatic hydroxyl groups is 1. The van der Waals surface area contributed by atoms with Crippen molar-refractivity contribution >= 4 is 34.8 Å². The van der Waals surface area contributed by atoms with Crippen LogP contribution in [-0.2, 0) is 10.2 Å². The first-order valence-electron chi connectivity index (χ1n) is 7.47. The maximum Gasteiger partial charge on any atom is 0.255 e. The summed E-state index contributed by atoms with van der Waals surface area (Å²) < 4.78 is 0. The minimum absolute atomic E-state index is 0.154. The molecule has 2 amide bonds. The molecule has 24 heavy (non-hydrogen) atoms. The third kappa shape index (κ3) is 2.51. The van der Waals surface area contributed by atoms with Crippen LogP contribution in [0.4, 0.5) is 11.4 Å². The van der Waals surface area contributed by atoms with Gasteiger partial charge in [0.05, 0.1) is 21.8 Å². The first kappa shape index (κ1) is 16.3. The van der Waals surface area contributed by atoms with Crippen molar-refractivity contribution in [1.82, 2.24) is 0 Å². The van der Waals surface area contributed by atoms with Crippen LogP contribution in [0, 0.1) is 6.92 Å². The Morgan fingerprint density at radius 3 is 2.67 bits per heavy atom. The van der Waals surface area contributed by atoms with E-state index in [0.29, 0.717) is 16.8 Å². The van der Waals surface area contributed by atoms with E-state index < -0.39 is 5.41 Å². The summed E-state index contributed by atoms with van der Waals surface area (Å²) in [7, 11) is 0. The van der Waals surface area contributed by atoms with E-state index in [9.17, 15) is 14.7 Å². The van der Waals surface area contributed by atoms with Gasteiger partial charge in [-0.25, -0.2) is 0 Å². The Morgan fingerprint density at radius 1 is 1.29 bits per heavy atom. The van der Waals surface area contributed by atoms with Crippen LogP contribution in [0.5, 0.6) is 5.75 Å². The predicted octanol–water partition coefficient (Wildman–Crippen LogP) is 3.84. The van der Waals surface area contributed by atoms with Crippen molar-refractivity contribution in [1.29, 1.82) is 0 Å². The van der Waals surface area contributed by atoms with Gasteiger partial charge < -0.3 is 15.7 Å². The third-order valence-corrected chi connectivity index (χ3v) is 4.51. The molecule has 5 nitrogen and oxygen atoms in total. The Hall–Kier alpha value is -2.53.